The molecule has 0 aromatic carbocycles. The van der Waals surface area contributed by atoms with Crippen LogP contribution in [0, 0.1) is 5.92 Å². The fourth-order valence-corrected chi connectivity index (χ4v) is 1.13. The van der Waals surface area contributed by atoms with E-state index in [4.69, 9.17) is 0 Å². The largest absolute Gasteiger partial charge is 0.358 e. The van der Waals surface area contributed by atoms with E-state index in [1.165, 1.54) is 7.05 Å². The first-order valence-electron chi connectivity index (χ1n) is 4.68. The first kappa shape index (κ1) is 12.9. The van der Waals surface area contributed by atoms with Crippen molar-refractivity contribution in [3.8, 4) is 0 Å². The molecule has 0 rings (SSSR count). The number of rotatable bonds is 5. The molecule has 0 saturated heterocycles. The molecule has 1 unspecified atom stereocenters. The Morgan fingerprint density at radius 2 is 1.79 bits per heavy atom. The van der Waals surface area contributed by atoms with Gasteiger partial charge in [0.15, 0.2) is 0 Å². The molecule has 0 spiro atoms. The highest BCUT2D eigenvalue weighted by Gasteiger charge is 2.19. The molecule has 82 valence electrons. The van der Waals surface area contributed by atoms with E-state index in [1.807, 2.05) is 13.8 Å². The molecular formula is C9H19N3O2. The van der Waals surface area contributed by atoms with Crippen LogP contribution in [0.3, 0.4) is 0 Å². The summed E-state index contributed by atoms with van der Waals surface area (Å²) in [5.74, 6) is -0.146. The summed E-state index contributed by atoms with van der Waals surface area (Å²) in [5, 5.41) is 7.88. The second-order valence-electron chi connectivity index (χ2n) is 3.40. The summed E-state index contributed by atoms with van der Waals surface area (Å²) in [6.07, 6.45) is 0. The van der Waals surface area contributed by atoms with E-state index in [2.05, 4.69) is 16.0 Å². The summed E-state index contributed by atoms with van der Waals surface area (Å²) in [5.41, 5.74) is 0. The highest BCUT2D eigenvalue weighted by Crippen LogP contribution is 1.99. The highest BCUT2D eigenvalue weighted by atomic mass is 16.2. The molecule has 0 bridgehead atoms. The molecule has 0 radical (unpaired) electrons. The molecule has 3 N–H and O–H groups in total. The van der Waals surface area contributed by atoms with Crippen LogP contribution in [-0.4, -0.2) is 38.5 Å². The van der Waals surface area contributed by atoms with Gasteiger partial charge >= 0.3 is 0 Å². The predicted molar refractivity (Wildman–Crippen MR) is 54.8 cm³/mol. The molecule has 0 aliphatic rings. The average molecular weight is 201 g/mol. The molecular weight excluding hydrogens is 182 g/mol. The molecule has 5 heteroatoms. The Balaban J connectivity index is 3.99. The lowest BCUT2D eigenvalue weighted by Crippen LogP contribution is -2.48. The fourth-order valence-electron chi connectivity index (χ4n) is 1.13. The van der Waals surface area contributed by atoms with Crippen LogP contribution < -0.4 is 16.0 Å². The van der Waals surface area contributed by atoms with Crippen molar-refractivity contribution in [3.05, 3.63) is 0 Å². The number of nitrogens with one attached hydrogen (secondary N) is 3. The van der Waals surface area contributed by atoms with E-state index in [1.54, 1.807) is 7.05 Å². The summed E-state index contributed by atoms with van der Waals surface area (Å²) in [6, 6.07) is -0.250. The molecule has 0 saturated carbocycles. The van der Waals surface area contributed by atoms with Gasteiger partial charge in [-0.3, -0.25) is 9.59 Å². The zero-order valence-electron chi connectivity index (χ0n) is 9.18. The second-order valence-corrected chi connectivity index (χ2v) is 3.40. The topological polar surface area (TPSA) is 70.2 Å². The number of hydrogen-bond acceptors (Lipinski definition) is 3. The van der Waals surface area contributed by atoms with Gasteiger partial charge in [-0.2, -0.15) is 0 Å². The van der Waals surface area contributed by atoms with Gasteiger partial charge < -0.3 is 16.0 Å². The number of carbonyl (C=O) groups is 2. The summed E-state index contributed by atoms with van der Waals surface area (Å²) >= 11 is 0. The monoisotopic (exact) mass is 201 g/mol. The minimum absolute atomic E-state index is 0.0280. The van der Waals surface area contributed by atoms with Crippen LogP contribution in [-0.2, 0) is 9.59 Å². The summed E-state index contributed by atoms with van der Waals surface area (Å²) in [4.78, 5) is 22.3. The first-order chi connectivity index (χ1) is 6.52. The Labute approximate surface area is 84.6 Å². The third kappa shape index (κ3) is 4.23. The SMILES string of the molecule is CNC(=O)CNC(=O)C(NC)C(C)C. The van der Waals surface area contributed by atoms with Crippen molar-refractivity contribution >= 4 is 11.8 Å². The normalized spacial score (nSPS) is 12.4. The summed E-state index contributed by atoms with van der Waals surface area (Å²) < 4.78 is 0. The highest BCUT2D eigenvalue weighted by molar-refractivity contribution is 5.87. The number of carbonyl (C=O) groups excluding carboxylic acids is 2. The van der Waals surface area contributed by atoms with E-state index in [-0.39, 0.29) is 30.3 Å². The van der Waals surface area contributed by atoms with Crippen LogP contribution in [0.25, 0.3) is 0 Å². The third-order valence-corrected chi connectivity index (χ3v) is 1.96. The van der Waals surface area contributed by atoms with Crippen LogP contribution in [0.2, 0.25) is 0 Å². The number of likely N-dealkylation sites (N-methyl/N-ethyl adjacent to an activating group) is 2. The maximum atomic E-state index is 11.5. The van der Waals surface area contributed by atoms with Crippen molar-refractivity contribution in [1.29, 1.82) is 0 Å². The van der Waals surface area contributed by atoms with E-state index in [0.717, 1.165) is 0 Å². The lowest BCUT2D eigenvalue weighted by atomic mass is 10.0. The Hall–Kier alpha value is -1.10. The number of hydrogen-bond donors (Lipinski definition) is 3. The zero-order valence-corrected chi connectivity index (χ0v) is 9.18. The quantitative estimate of drug-likeness (QED) is 0.539. The van der Waals surface area contributed by atoms with Crippen molar-refractivity contribution in [3.63, 3.8) is 0 Å². The Kier molecular flexibility index (Phi) is 5.87. The molecule has 14 heavy (non-hydrogen) atoms. The van der Waals surface area contributed by atoms with Crippen molar-refractivity contribution in [2.24, 2.45) is 5.92 Å². The van der Waals surface area contributed by atoms with E-state index in [9.17, 15) is 9.59 Å². The van der Waals surface area contributed by atoms with Gasteiger partial charge in [0.2, 0.25) is 11.8 Å². The first-order valence-corrected chi connectivity index (χ1v) is 4.68. The third-order valence-electron chi connectivity index (χ3n) is 1.96. The summed E-state index contributed by atoms with van der Waals surface area (Å²) in [6.45, 7) is 3.92. The van der Waals surface area contributed by atoms with E-state index in [0.29, 0.717) is 0 Å². The van der Waals surface area contributed by atoms with E-state index < -0.39 is 0 Å². The van der Waals surface area contributed by atoms with Crippen molar-refractivity contribution in [1.82, 2.24) is 16.0 Å². The van der Waals surface area contributed by atoms with Gasteiger partial charge in [-0.15, -0.1) is 0 Å². The molecule has 0 aliphatic carbocycles. The Bertz CT molecular complexity index is 204. The van der Waals surface area contributed by atoms with Crippen LogP contribution in [0.15, 0.2) is 0 Å². The van der Waals surface area contributed by atoms with Gasteiger partial charge in [0, 0.05) is 7.05 Å². The smallest absolute Gasteiger partial charge is 0.239 e. The van der Waals surface area contributed by atoms with Gasteiger partial charge in [-0.05, 0) is 13.0 Å². The Morgan fingerprint density at radius 3 is 2.14 bits per heavy atom. The Morgan fingerprint density at radius 1 is 1.21 bits per heavy atom. The number of amides is 2. The van der Waals surface area contributed by atoms with Gasteiger partial charge in [0.1, 0.15) is 0 Å². The molecule has 0 aliphatic heterocycles. The minimum atomic E-state index is -0.250. The molecule has 1 atom stereocenters. The molecule has 0 aromatic heterocycles. The maximum Gasteiger partial charge on any atom is 0.239 e. The molecule has 0 aromatic rings. The van der Waals surface area contributed by atoms with Gasteiger partial charge in [-0.1, -0.05) is 13.8 Å². The van der Waals surface area contributed by atoms with Gasteiger partial charge in [0.25, 0.3) is 0 Å². The lowest BCUT2D eigenvalue weighted by molar-refractivity contribution is -0.127. The fraction of sp³-hybridized carbons (Fsp3) is 0.778. The second kappa shape index (κ2) is 6.37. The van der Waals surface area contributed by atoms with Crippen molar-refractivity contribution in [2.45, 2.75) is 19.9 Å². The van der Waals surface area contributed by atoms with Crippen LogP contribution in [0.1, 0.15) is 13.8 Å². The molecule has 0 heterocycles. The van der Waals surface area contributed by atoms with Crippen LogP contribution >= 0.6 is 0 Å². The van der Waals surface area contributed by atoms with Crippen molar-refractivity contribution in [2.75, 3.05) is 20.6 Å². The summed E-state index contributed by atoms with van der Waals surface area (Å²) in [7, 11) is 3.26. The maximum absolute atomic E-state index is 11.5. The van der Waals surface area contributed by atoms with Gasteiger partial charge in [0.05, 0.1) is 12.6 Å². The lowest BCUT2D eigenvalue weighted by Gasteiger charge is -2.18. The standard InChI is InChI=1S/C9H19N3O2/c1-6(2)8(11-4)9(14)12-5-7(13)10-3/h6,8,11H,5H2,1-4H3,(H,10,13)(H,12,14). The molecule has 2 amide bonds. The molecule has 5 nitrogen and oxygen atoms in total. The predicted octanol–water partition coefficient (Wildman–Crippen LogP) is -0.907. The van der Waals surface area contributed by atoms with Gasteiger partial charge in [-0.25, -0.2) is 0 Å². The van der Waals surface area contributed by atoms with Crippen LogP contribution in [0.5, 0.6) is 0 Å². The molecule has 0 fully saturated rings. The van der Waals surface area contributed by atoms with Crippen molar-refractivity contribution < 1.29 is 9.59 Å². The van der Waals surface area contributed by atoms with Crippen LogP contribution in [0.4, 0.5) is 0 Å². The average Bonchev–Trinajstić information content (AvgIpc) is 2.14. The van der Waals surface area contributed by atoms with E-state index >= 15 is 0 Å². The minimum Gasteiger partial charge on any atom is -0.358 e. The zero-order chi connectivity index (χ0) is 11.1.